The number of methoxy groups -OCH3 is 1. The summed E-state index contributed by atoms with van der Waals surface area (Å²) in [6, 6.07) is 20.1. The first-order valence-electron chi connectivity index (χ1n) is 24.3. The fourth-order valence-corrected chi connectivity index (χ4v) is 10.6. The zero-order valence-corrected chi connectivity index (χ0v) is 48.3. The number of ether oxygens (including phenoxy) is 1. The minimum atomic E-state index is -2.18. The molecule has 8 aromatic carbocycles. The molecule has 12 nitrogen and oxygen atoms in total. The molecule has 0 N–H and O–H groups in total. The van der Waals surface area contributed by atoms with Gasteiger partial charge < -0.3 is 18.0 Å². The van der Waals surface area contributed by atoms with Crippen LogP contribution in [-0.4, -0.2) is 32.1 Å². The van der Waals surface area contributed by atoms with Crippen molar-refractivity contribution in [1.29, 1.82) is 0 Å². The second-order valence-electron chi connectivity index (χ2n) is 23.3. The molecule has 0 fully saturated rings. The first-order chi connectivity index (χ1) is 34.0. The van der Waals surface area contributed by atoms with E-state index < -0.39 is 25.0 Å². The summed E-state index contributed by atoms with van der Waals surface area (Å²) in [5, 5.41) is 2.33. The fourth-order valence-electron chi connectivity index (χ4n) is 7.51. The largest absolute Gasteiger partial charge is 0.544 e. The van der Waals surface area contributed by atoms with Crippen LogP contribution in [0.15, 0.2) is 148 Å². The lowest BCUT2D eigenvalue weighted by Crippen LogP contribution is -2.43. The van der Waals surface area contributed by atoms with Gasteiger partial charge in [-0.3, -0.25) is 38.4 Å². The highest BCUT2D eigenvalue weighted by atomic mass is 28.4. The molecule has 0 aliphatic rings. The van der Waals surface area contributed by atoms with Gasteiger partial charge in [-0.15, -0.1) is 0 Å². The number of allylic oxidation sites excluding steroid dienone is 1. The highest BCUT2D eigenvalue weighted by Gasteiger charge is 2.41. The van der Waals surface area contributed by atoms with Gasteiger partial charge in [0, 0.05) is 70.7 Å². The van der Waals surface area contributed by atoms with Gasteiger partial charge in [-0.1, -0.05) is 68.9 Å². The van der Waals surface area contributed by atoms with Gasteiger partial charge in [-0.05, 0) is 139 Å². The number of fused-ring (bicyclic) bond motifs is 6. The summed E-state index contributed by atoms with van der Waals surface area (Å²) in [5.41, 5.74) is -2.78. The molecule has 0 atom stereocenters. The quantitative estimate of drug-likeness (QED) is 0.0611. The molecule has 0 aromatic heterocycles. The molecule has 0 aliphatic heterocycles. The van der Waals surface area contributed by atoms with Crippen molar-refractivity contribution in [3.05, 3.63) is 191 Å². The summed E-state index contributed by atoms with van der Waals surface area (Å²) in [7, 11) is -4.48. The molecule has 0 bridgehead atoms. The maximum atomic E-state index is 13.7. The van der Waals surface area contributed by atoms with Crippen LogP contribution >= 0.6 is 0 Å². The van der Waals surface area contributed by atoms with Crippen molar-refractivity contribution >= 4 is 89.6 Å². The van der Waals surface area contributed by atoms with Crippen LogP contribution in [0.4, 0.5) is 0 Å². The number of hydrogen-bond donors (Lipinski definition) is 0. The Bertz CT molecular complexity index is 3730. The molecule has 0 aliphatic carbocycles. The third kappa shape index (κ3) is 11.1. The van der Waals surface area contributed by atoms with E-state index in [1.807, 2.05) is 0 Å². The lowest BCUT2D eigenvalue weighted by Gasteiger charge is -2.36. The Balaban J connectivity index is 0.000000227. The monoisotopic (exact) mass is 1050 g/mol. The fraction of sp³-hybridized carbons (Fsp3) is 0.322. The van der Waals surface area contributed by atoms with E-state index in [4.69, 9.17) is 18.0 Å². The Hall–Kier alpha value is -6.95. The molecule has 8 aromatic rings. The van der Waals surface area contributed by atoms with Crippen molar-refractivity contribution in [2.24, 2.45) is 0 Å². The first-order valence-corrected chi connectivity index (χ1v) is 33.1. The Morgan fingerprint density at radius 3 is 0.946 bits per heavy atom. The topological polar surface area (TPSA) is 173 Å². The van der Waals surface area contributed by atoms with Gasteiger partial charge in [0.05, 0.1) is 19.1 Å². The highest BCUT2D eigenvalue weighted by Crippen LogP contribution is 2.40. The third-order valence-electron chi connectivity index (χ3n) is 15.0. The Morgan fingerprint density at radius 2 is 0.662 bits per heavy atom. The summed E-state index contributed by atoms with van der Waals surface area (Å²) in [6.07, 6.45) is 3.33. The molecule has 0 saturated carbocycles. The third-order valence-corrected chi connectivity index (χ3v) is 28.1. The molecular formula is C59H66O12Si3. The van der Waals surface area contributed by atoms with Crippen molar-refractivity contribution < 1.29 is 18.0 Å². The van der Waals surface area contributed by atoms with E-state index >= 15 is 0 Å². The van der Waals surface area contributed by atoms with Crippen molar-refractivity contribution in [2.45, 2.75) is 117 Å². The zero-order chi connectivity index (χ0) is 55.4. The summed E-state index contributed by atoms with van der Waals surface area (Å²) < 4.78 is 23.5. The normalized spacial score (nSPS) is 12.8. The van der Waals surface area contributed by atoms with Gasteiger partial charge in [0.15, 0.2) is 43.4 Å². The molecule has 74 heavy (non-hydrogen) atoms. The lowest BCUT2D eigenvalue weighted by atomic mass is 9.96. The highest BCUT2D eigenvalue weighted by molar-refractivity contribution is 6.75. The molecule has 0 saturated heterocycles. The summed E-state index contributed by atoms with van der Waals surface area (Å²) in [5.74, 6) is 1.76. The second-order valence-corrected chi connectivity index (χ2v) is 37.5. The molecule has 0 amide bonds. The lowest BCUT2D eigenvalue weighted by molar-refractivity contribution is 0.332. The second kappa shape index (κ2) is 20.1. The first kappa shape index (κ1) is 56.3. The van der Waals surface area contributed by atoms with Crippen LogP contribution in [0.25, 0.3) is 64.6 Å². The molecule has 0 radical (unpaired) electrons. The average Bonchev–Trinajstić information content (AvgIpc) is 3.30. The van der Waals surface area contributed by atoms with Gasteiger partial charge in [0.25, 0.3) is 0 Å². The van der Waals surface area contributed by atoms with Gasteiger partial charge in [-0.25, -0.2) is 0 Å². The van der Waals surface area contributed by atoms with Crippen LogP contribution in [-0.2, 0) is 9.16 Å². The number of benzene rings is 8. The van der Waals surface area contributed by atoms with E-state index in [-0.39, 0.29) is 123 Å². The molecule has 386 valence electrons. The molecule has 8 rings (SSSR count). The minimum absolute atomic E-state index is 0.0464. The van der Waals surface area contributed by atoms with E-state index in [0.29, 0.717) is 17.3 Å². The standard InChI is InChI=1S/C34H38O6Si2.C14H6O4.C11H22O2Si/c1-33(2,3)41(7,8)39-19-11-13-21-23(15-19)31(37)27-17-26-28(18-25(27)29(21)35)32(38)24-16-20(12-14-22(24)30(26)36)40-42(9,10)34(4,5)6;15-11-1-2-12(16)8-6-10-9(5-7(8)11)13(17)3-4-14(10)18;1-10(8-9-12-5)13-14(6,7)11(2,3)4/h11-18H,1-10H3;1-6H;8-9H,1H2,2-7H3/b;;9-8+. The molecular weight excluding hydrogens is 985 g/mol. The number of rotatable bonds is 8. The zero-order valence-electron chi connectivity index (χ0n) is 45.3. The van der Waals surface area contributed by atoms with Crippen molar-refractivity contribution in [3.63, 3.8) is 0 Å². The molecule has 15 heteroatoms. The van der Waals surface area contributed by atoms with Crippen LogP contribution in [0.5, 0.6) is 11.5 Å². The Kier molecular flexibility index (Phi) is 15.3. The van der Waals surface area contributed by atoms with Crippen LogP contribution in [0, 0.1) is 0 Å². The van der Waals surface area contributed by atoms with Crippen molar-refractivity contribution in [1.82, 2.24) is 0 Å². The van der Waals surface area contributed by atoms with Crippen LogP contribution in [0.3, 0.4) is 0 Å². The smallest absolute Gasteiger partial charge is 0.250 e. The minimum Gasteiger partial charge on any atom is -0.544 e. The van der Waals surface area contributed by atoms with Gasteiger partial charge in [0.2, 0.25) is 25.0 Å². The molecule has 0 spiro atoms. The number of hydrogen-bond acceptors (Lipinski definition) is 12. The van der Waals surface area contributed by atoms with E-state index in [0.717, 1.165) is 0 Å². The van der Waals surface area contributed by atoms with Gasteiger partial charge in [-0.2, -0.15) is 0 Å². The van der Waals surface area contributed by atoms with Crippen LogP contribution < -0.4 is 52.3 Å². The van der Waals surface area contributed by atoms with E-state index in [1.54, 1.807) is 55.8 Å². The summed E-state index contributed by atoms with van der Waals surface area (Å²) >= 11 is 0. The van der Waals surface area contributed by atoms with Crippen LogP contribution in [0.1, 0.15) is 62.3 Å². The van der Waals surface area contributed by atoms with Gasteiger partial charge in [0.1, 0.15) is 11.5 Å². The Morgan fingerprint density at radius 1 is 0.392 bits per heavy atom. The maximum Gasteiger partial charge on any atom is 0.250 e. The van der Waals surface area contributed by atoms with Crippen molar-refractivity contribution in [3.8, 4) is 11.5 Å². The molecule has 0 unspecified atom stereocenters. The van der Waals surface area contributed by atoms with Crippen molar-refractivity contribution in [2.75, 3.05) is 7.11 Å². The van der Waals surface area contributed by atoms with E-state index in [2.05, 4.69) is 108 Å². The van der Waals surface area contributed by atoms with Gasteiger partial charge >= 0.3 is 0 Å². The van der Waals surface area contributed by atoms with E-state index in [1.165, 1.54) is 48.5 Å². The SMILES string of the molecule is C=C(/C=C/OC)O[Si](C)(C)C(C)(C)C.CC(C)(C)[Si](C)(C)Oc1ccc2c(=O)c3cc4c(=O)c5cc(O[Si](C)(C)C(C)(C)C)ccc5c(=O)c4cc3c(=O)c2c1.O=c1ccc(=O)c2cc3c(=O)ccc(=O)c3cc12. The Labute approximate surface area is 432 Å². The average molecular weight is 1050 g/mol. The summed E-state index contributed by atoms with van der Waals surface area (Å²) in [4.78, 5) is 101. The predicted octanol–water partition coefficient (Wildman–Crippen LogP) is 11.4. The molecule has 0 heterocycles. The summed E-state index contributed by atoms with van der Waals surface area (Å²) in [6.45, 7) is 36.1. The maximum absolute atomic E-state index is 13.7. The van der Waals surface area contributed by atoms with Crippen LogP contribution in [0.2, 0.25) is 54.4 Å². The predicted molar refractivity (Wildman–Crippen MR) is 312 cm³/mol. The van der Waals surface area contributed by atoms with E-state index in [9.17, 15) is 38.4 Å².